The maximum Gasteiger partial charge on any atom is 0.193 e. The van der Waals surface area contributed by atoms with Crippen molar-refractivity contribution < 1.29 is 4.79 Å². The molecule has 0 atom stereocenters. The third kappa shape index (κ3) is 3.08. The molecule has 2 nitrogen and oxygen atoms in total. The van der Waals surface area contributed by atoms with Gasteiger partial charge in [-0.1, -0.05) is 38.1 Å². The van der Waals surface area contributed by atoms with Crippen LogP contribution in [0.2, 0.25) is 0 Å². The van der Waals surface area contributed by atoms with Crippen molar-refractivity contribution >= 4 is 5.78 Å². The summed E-state index contributed by atoms with van der Waals surface area (Å²) in [6, 6.07) is 11.5. The van der Waals surface area contributed by atoms with Gasteiger partial charge in [-0.25, -0.2) is 0 Å². The van der Waals surface area contributed by atoms with Gasteiger partial charge in [0.1, 0.15) is 0 Å². The van der Waals surface area contributed by atoms with E-state index in [1.807, 2.05) is 50.2 Å². The summed E-state index contributed by atoms with van der Waals surface area (Å²) in [6.45, 7) is 8.11. The van der Waals surface area contributed by atoms with E-state index in [0.717, 1.165) is 17.0 Å². The number of aromatic nitrogens is 1. The zero-order valence-electron chi connectivity index (χ0n) is 11.9. The molecule has 0 amide bonds. The van der Waals surface area contributed by atoms with Crippen LogP contribution in [-0.4, -0.2) is 10.8 Å². The lowest BCUT2D eigenvalue weighted by atomic mass is 9.98. The Labute approximate surface area is 114 Å². The van der Waals surface area contributed by atoms with E-state index in [9.17, 15) is 4.79 Å². The second-order valence-electron chi connectivity index (χ2n) is 5.24. The third-order valence-electron chi connectivity index (χ3n) is 3.18. The Hall–Kier alpha value is -1.96. The van der Waals surface area contributed by atoms with Crippen molar-refractivity contribution in [1.29, 1.82) is 0 Å². The zero-order valence-corrected chi connectivity index (χ0v) is 11.9. The van der Waals surface area contributed by atoms with Gasteiger partial charge >= 0.3 is 0 Å². The molecule has 0 bridgehead atoms. The van der Waals surface area contributed by atoms with Gasteiger partial charge in [0.25, 0.3) is 0 Å². The molecule has 2 rings (SSSR count). The maximum absolute atomic E-state index is 12.4. The molecule has 0 unspecified atom stereocenters. The highest BCUT2D eigenvalue weighted by molar-refractivity contribution is 6.09. The molecule has 2 aromatic rings. The molecule has 0 saturated carbocycles. The summed E-state index contributed by atoms with van der Waals surface area (Å²) in [4.78, 5) is 16.7. The van der Waals surface area contributed by atoms with E-state index >= 15 is 0 Å². The lowest BCUT2D eigenvalue weighted by Gasteiger charge is -2.07. The molecule has 0 aliphatic carbocycles. The van der Waals surface area contributed by atoms with E-state index in [0.29, 0.717) is 11.5 Å². The topological polar surface area (TPSA) is 30.0 Å². The third-order valence-corrected chi connectivity index (χ3v) is 3.18. The number of benzene rings is 1. The lowest BCUT2D eigenvalue weighted by Crippen LogP contribution is -2.03. The summed E-state index contributed by atoms with van der Waals surface area (Å²) >= 11 is 0. The summed E-state index contributed by atoms with van der Waals surface area (Å²) in [6.07, 6.45) is 0. The van der Waals surface area contributed by atoms with Gasteiger partial charge in [-0.05, 0) is 37.5 Å². The van der Waals surface area contributed by atoms with Crippen LogP contribution >= 0.6 is 0 Å². The van der Waals surface area contributed by atoms with Crippen molar-refractivity contribution in [1.82, 2.24) is 4.98 Å². The Morgan fingerprint density at radius 2 is 1.47 bits per heavy atom. The predicted molar refractivity (Wildman–Crippen MR) is 77.7 cm³/mol. The van der Waals surface area contributed by atoms with E-state index in [-0.39, 0.29) is 5.78 Å². The molecule has 0 N–H and O–H groups in total. The van der Waals surface area contributed by atoms with Crippen LogP contribution in [0, 0.1) is 13.8 Å². The Morgan fingerprint density at radius 1 is 0.947 bits per heavy atom. The Morgan fingerprint density at radius 3 is 1.95 bits per heavy atom. The van der Waals surface area contributed by atoms with Gasteiger partial charge in [-0.2, -0.15) is 0 Å². The molecule has 0 aliphatic heterocycles. The van der Waals surface area contributed by atoms with Gasteiger partial charge in [0.2, 0.25) is 0 Å². The lowest BCUT2D eigenvalue weighted by molar-refractivity contribution is 0.103. The smallest absolute Gasteiger partial charge is 0.193 e. The first-order valence-electron chi connectivity index (χ1n) is 6.57. The van der Waals surface area contributed by atoms with E-state index in [1.165, 1.54) is 5.56 Å². The minimum Gasteiger partial charge on any atom is -0.289 e. The number of hydrogen-bond acceptors (Lipinski definition) is 2. The van der Waals surface area contributed by atoms with Crippen LogP contribution in [0.5, 0.6) is 0 Å². The largest absolute Gasteiger partial charge is 0.289 e. The summed E-state index contributed by atoms with van der Waals surface area (Å²) in [7, 11) is 0. The summed E-state index contributed by atoms with van der Waals surface area (Å²) in [5.41, 5.74) is 4.44. The van der Waals surface area contributed by atoms with Gasteiger partial charge < -0.3 is 0 Å². The van der Waals surface area contributed by atoms with Crippen molar-refractivity contribution in [3.63, 3.8) is 0 Å². The molecular formula is C17H19NO. The average molecular weight is 253 g/mol. The zero-order chi connectivity index (χ0) is 14.0. The average Bonchev–Trinajstić information content (AvgIpc) is 2.37. The Kier molecular flexibility index (Phi) is 3.79. The highest BCUT2D eigenvalue weighted by Crippen LogP contribution is 2.17. The number of aryl methyl sites for hydroxylation is 2. The molecule has 19 heavy (non-hydrogen) atoms. The van der Waals surface area contributed by atoms with Crippen LogP contribution in [0.3, 0.4) is 0 Å². The van der Waals surface area contributed by atoms with Crippen molar-refractivity contribution in [2.75, 3.05) is 0 Å². The van der Waals surface area contributed by atoms with E-state index in [2.05, 4.69) is 18.8 Å². The van der Waals surface area contributed by atoms with Gasteiger partial charge in [-0.15, -0.1) is 0 Å². The summed E-state index contributed by atoms with van der Waals surface area (Å²) in [5, 5.41) is 0. The minimum absolute atomic E-state index is 0.0592. The standard InChI is InChI=1S/C17H19NO/c1-11(2)14-5-7-15(8-6-14)17(19)16-9-12(3)18-13(4)10-16/h5-11H,1-4H3. The fourth-order valence-corrected chi connectivity index (χ4v) is 2.15. The number of nitrogens with zero attached hydrogens (tertiary/aromatic N) is 1. The second-order valence-corrected chi connectivity index (χ2v) is 5.24. The molecular weight excluding hydrogens is 234 g/mol. The molecule has 0 fully saturated rings. The van der Waals surface area contributed by atoms with Crippen molar-refractivity contribution in [3.05, 3.63) is 64.5 Å². The van der Waals surface area contributed by atoms with Gasteiger partial charge in [0.05, 0.1) is 0 Å². The molecule has 0 radical (unpaired) electrons. The van der Waals surface area contributed by atoms with Crippen LogP contribution in [-0.2, 0) is 0 Å². The summed E-state index contributed by atoms with van der Waals surface area (Å²) < 4.78 is 0. The van der Waals surface area contributed by atoms with Crippen molar-refractivity contribution in [3.8, 4) is 0 Å². The molecule has 1 aromatic carbocycles. The van der Waals surface area contributed by atoms with Crippen LogP contribution in [0.1, 0.15) is 52.6 Å². The van der Waals surface area contributed by atoms with Crippen LogP contribution < -0.4 is 0 Å². The first-order chi connectivity index (χ1) is 8.97. The van der Waals surface area contributed by atoms with Gasteiger partial charge in [0.15, 0.2) is 5.78 Å². The first kappa shape index (κ1) is 13.5. The van der Waals surface area contributed by atoms with E-state index in [4.69, 9.17) is 0 Å². The number of ketones is 1. The molecule has 2 heteroatoms. The number of carbonyl (C=O) groups excluding carboxylic acids is 1. The fraction of sp³-hybridized carbons (Fsp3) is 0.294. The normalized spacial score (nSPS) is 10.8. The van der Waals surface area contributed by atoms with E-state index in [1.54, 1.807) is 0 Å². The molecule has 1 heterocycles. The summed E-state index contributed by atoms with van der Waals surface area (Å²) in [5.74, 6) is 0.540. The predicted octanol–water partition coefficient (Wildman–Crippen LogP) is 4.05. The van der Waals surface area contributed by atoms with Crippen LogP contribution in [0.4, 0.5) is 0 Å². The van der Waals surface area contributed by atoms with Crippen LogP contribution in [0.15, 0.2) is 36.4 Å². The van der Waals surface area contributed by atoms with Crippen LogP contribution in [0.25, 0.3) is 0 Å². The second kappa shape index (κ2) is 5.35. The Bertz CT molecular complexity index is 577. The molecule has 0 aliphatic rings. The Balaban J connectivity index is 2.33. The number of pyridine rings is 1. The molecule has 1 aromatic heterocycles. The van der Waals surface area contributed by atoms with Gasteiger partial charge in [0, 0.05) is 22.5 Å². The molecule has 0 saturated heterocycles. The first-order valence-corrected chi connectivity index (χ1v) is 6.57. The number of rotatable bonds is 3. The quantitative estimate of drug-likeness (QED) is 0.772. The number of carbonyl (C=O) groups is 1. The van der Waals surface area contributed by atoms with Gasteiger partial charge in [-0.3, -0.25) is 9.78 Å². The highest BCUT2D eigenvalue weighted by atomic mass is 16.1. The minimum atomic E-state index is 0.0592. The van der Waals surface area contributed by atoms with Crippen molar-refractivity contribution in [2.24, 2.45) is 0 Å². The maximum atomic E-state index is 12.4. The monoisotopic (exact) mass is 253 g/mol. The highest BCUT2D eigenvalue weighted by Gasteiger charge is 2.10. The van der Waals surface area contributed by atoms with Crippen molar-refractivity contribution in [2.45, 2.75) is 33.6 Å². The molecule has 98 valence electrons. The fourth-order valence-electron chi connectivity index (χ4n) is 2.15. The molecule has 0 spiro atoms. The number of hydrogen-bond donors (Lipinski definition) is 0. The van der Waals surface area contributed by atoms with E-state index < -0.39 is 0 Å². The SMILES string of the molecule is Cc1cc(C(=O)c2ccc(C(C)C)cc2)cc(C)n1.